The molecule has 0 radical (unpaired) electrons. The molecule has 1 fully saturated rings. The number of anilines is 2. The number of hydrogen-bond acceptors (Lipinski definition) is 10. The molecule has 2 rings (SSSR count). The van der Waals surface area contributed by atoms with Crippen molar-refractivity contribution in [3.63, 3.8) is 0 Å². The van der Waals surface area contributed by atoms with Crippen LogP contribution in [0, 0.1) is 0 Å². The van der Waals surface area contributed by atoms with Crippen LogP contribution in [-0.2, 0) is 14.4 Å². The minimum Gasteiger partial charge on any atom is -0.480 e. The number of rotatable bonds is 13. The van der Waals surface area contributed by atoms with Crippen molar-refractivity contribution in [2.24, 2.45) is 0 Å². The summed E-state index contributed by atoms with van der Waals surface area (Å²) in [5.41, 5.74) is -0.696. The molecule has 0 aliphatic carbocycles. The molecule has 1 atom stereocenters. The molecule has 0 saturated carbocycles. The highest BCUT2D eigenvalue weighted by Gasteiger charge is 2.28. The number of nitrogens with one attached hydrogen (secondary N) is 2. The van der Waals surface area contributed by atoms with Gasteiger partial charge in [-0.2, -0.15) is 0 Å². The summed E-state index contributed by atoms with van der Waals surface area (Å²) < 4.78 is 0. The van der Waals surface area contributed by atoms with Gasteiger partial charge in [-0.25, -0.2) is 0 Å². The van der Waals surface area contributed by atoms with E-state index in [1.54, 1.807) is 21.6 Å². The van der Waals surface area contributed by atoms with Gasteiger partial charge < -0.3 is 26.0 Å². The van der Waals surface area contributed by atoms with Gasteiger partial charge in [-0.15, -0.1) is 0 Å². The second kappa shape index (κ2) is 13.0. The van der Waals surface area contributed by atoms with E-state index in [2.05, 4.69) is 10.6 Å². The fourth-order valence-corrected chi connectivity index (χ4v) is 4.05. The van der Waals surface area contributed by atoms with E-state index in [1.807, 2.05) is 0 Å². The van der Waals surface area contributed by atoms with Crippen molar-refractivity contribution in [3.8, 4) is 0 Å². The lowest BCUT2D eigenvalue weighted by Gasteiger charge is -2.30. The van der Waals surface area contributed by atoms with E-state index in [0.29, 0.717) is 58.8 Å². The summed E-state index contributed by atoms with van der Waals surface area (Å²) in [6.07, 6.45) is 0.668. The third-order valence-corrected chi connectivity index (χ3v) is 5.80. The van der Waals surface area contributed by atoms with Crippen LogP contribution in [0.15, 0.2) is 9.59 Å². The molecule has 1 saturated heterocycles. The Labute approximate surface area is 196 Å². The Kier molecular flexibility index (Phi) is 10.4. The second-order valence-corrected chi connectivity index (χ2v) is 8.24. The number of carboxylic acid groups (broad SMARTS) is 3. The molecule has 13 heteroatoms. The van der Waals surface area contributed by atoms with Gasteiger partial charge in [0.05, 0.1) is 13.1 Å². The molecule has 5 N–H and O–H groups in total. The van der Waals surface area contributed by atoms with Crippen molar-refractivity contribution in [2.45, 2.75) is 25.8 Å². The average molecular weight is 484 g/mol. The Bertz CT molecular complexity index is 901. The molecule has 1 aromatic carbocycles. The van der Waals surface area contributed by atoms with E-state index in [-0.39, 0.29) is 30.9 Å². The molecule has 0 spiro atoms. The molecule has 190 valence electrons. The summed E-state index contributed by atoms with van der Waals surface area (Å²) in [5, 5.41) is 33.9. The molecular weight excluding hydrogens is 450 g/mol. The smallest absolute Gasteiger partial charge is 0.320 e. The number of carbonyl (C=O) groups is 3. The van der Waals surface area contributed by atoms with Crippen LogP contribution in [0.1, 0.15) is 19.8 Å². The van der Waals surface area contributed by atoms with Gasteiger partial charge >= 0.3 is 17.9 Å². The lowest BCUT2D eigenvalue weighted by Crippen LogP contribution is -2.47. The van der Waals surface area contributed by atoms with Gasteiger partial charge in [0.25, 0.3) is 10.9 Å². The maximum absolute atomic E-state index is 12.0. The van der Waals surface area contributed by atoms with Gasteiger partial charge in [0.2, 0.25) is 0 Å². The summed E-state index contributed by atoms with van der Waals surface area (Å²) >= 11 is 0. The first-order valence-electron chi connectivity index (χ1n) is 11.3. The van der Waals surface area contributed by atoms with E-state index >= 15 is 0 Å². The lowest BCUT2D eigenvalue weighted by atomic mass is 10.1. The van der Waals surface area contributed by atoms with Crippen molar-refractivity contribution in [3.05, 3.63) is 20.4 Å². The molecule has 34 heavy (non-hydrogen) atoms. The molecule has 1 aliphatic rings. The van der Waals surface area contributed by atoms with Crippen LogP contribution in [-0.4, -0.2) is 119 Å². The molecule has 1 aliphatic heterocycles. The molecule has 0 bridgehead atoms. The Morgan fingerprint density at radius 3 is 1.74 bits per heavy atom. The zero-order chi connectivity index (χ0) is 25.3. The van der Waals surface area contributed by atoms with E-state index < -0.39 is 34.8 Å². The van der Waals surface area contributed by atoms with Gasteiger partial charge in [0, 0.05) is 52.4 Å². The van der Waals surface area contributed by atoms with Crippen LogP contribution in [0.3, 0.4) is 0 Å². The van der Waals surface area contributed by atoms with Gasteiger partial charge in [0.1, 0.15) is 17.4 Å². The Morgan fingerprint density at radius 2 is 1.29 bits per heavy atom. The second-order valence-electron chi connectivity index (χ2n) is 8.24. The van der Waals surface area contributed by atoms with Crippen LogP contribution in [0.25, 0.3) is 0 Å². The Morgan fingerprint density at radius 1 is 0.824 bits per heavy atom. The molecule has 1 aromatic rings. The Hall–Kier alpha value is -3.03. The van der Waals surface area contributed by atoms with E-state index in [1.165, 1.54) is 0 Å². The largest absolute Gasteiger partial charge is 0.480 e. The maximum Gasteiger partial charge on any atom is 0.320 e. The minimum atomic E-state index is -1.03. The van der Waals surface area contributed by atoms with E-state index in [9.17, 15) is 29.1 Å². The highest BCUT2D eigenvalue weighted by Crippen LogP contribution is 2.15. The zero-order valence-corrected chi connectivity index (χ0v) is 19.3. The van der Waals surface area contributed by atoms with Crippen molar-refractivity contribution < 1.29 is 29.7 Å². The quantitative estimate of drug-likeness (QED) is 0.161. The van der Waals surface area contributed by atoms with E-state index in [0.717, 1.165) is 0 Å². The lowest BCUT2D eigenvalue weighted by molar-refractivity contribution is -0.144. The number of hydrogen-bond donors (Lipinski definition) is 5. The van der Waals surface area contributed by atoms with Crippen LogP contribution in [0.4, 0.5) is 11.4 Å². The van der Waals surface area contributed by atoms with Crippen molar-refractivity contribution in [1.29, 1.82) is 0 Å². The van der Waals surface area contributed by atoms with Gasteiger partial charge in [-0.05, 0) is 19.8 Å². The molecular formula is C21H33N5O8. The predicted octanol–water partition coefficient (Wildman–Crippen LogP) is -1.55. The minimum absolute atomic E-state index is 0.216. The third-order valence-electron chi connectivity index (χ3n) is 5.80. The van der Waals surface area contributed by atoms with Crippen molar-refractivity contribution in [2.75, 3.05) is 76.1 Å². The zero-order valence-electron chi connectivity index (χ0n) is 19.3. The summed E-state index contributed by atoms with van der Waals surface area (Å²) in [6, 6.07) is -0.862. The number of aliphatic carboxylic acids is 3. The number of nitrogens with zero attached hydrogens (tertiary/aromatic N) is 3. The summed E-state index contributed by atoms with van der Waals surface area (Å²) in [7, 11) is 0. The average Bonchev–Trinajstić information content (AvgIpc) is 2.85. The molecule has 0 aromatic heterocycles. The first kappa shape index (κ1) is 27.2. The van der Waals surface area contributed by atoms with Gasteiger partial charge in [0.15, 0.2) is 0 Å². The highest BCUT2D eigenvalue weighted by molar-refractivity contribution is 5.74. The molecule has 13 nitrogen and oxygen atoms in total. The van der Waals surface area contributed by atoms with Gasteiger partial charge in [-0.3, -0.25) is 38.7 Å². The summed E-state index contributed by atoms with van der Waals surface area (Å²) in [6.45, 7) is 4.22. The third kappa shape index (κ3) is 7.78. The maximum atomic E-state index is 12.0. The SMILES string of the molecule is CCNc1c(NCCCC(C(=O)O)N2CCN(CC(=O)O)CCN(CC(=O)O)CC2)c(=O)c1=O. The highest BCUT2D eigenvalue weighted by atomic mass is 16.4. The molecule has 1 heterocycles. The van der Waals surface area contributed by atoms with Crippen LogP contribution in [0.2, 0.25) is 0 Å². The van der Waals surface area contributed by atoms with Crippen molar-refractivity contribution in [1.82, 2.24) is 14.7 Å². The standard InChI is InChI=1S/C21H33N5O8/c1-2-22-17-18(20(32)19(17)31)23-5-3-4-14(21(33)34)26-10-8-24(12-15(27)28)6-7-25(9-11-26)13-16(29)30/h14,22-23H,2-13H2,1H3,(H,27,28)(H,29,30)(H,33,34). The molecule has 0 amide bonds. The van der Waals surface area contributed by atoms with Crippen molar-refractivity contribution >= 4 is 29.3 Å². The van der Waals surface area contributed by atoms with Crippen LogP contribution in [0.5, 0.6) is 0 Å². The summed E-state index contributed by atoms with van der Waals surface area (Å²) in [5.74, 6) is -3.05. The van der Waals surface area contributed by atoms with Crippen LogP contribution < -0.4 is 21.5 Å². The predicted molar refractivity (Wildman–Crippen MR) is 124 cm³/mol. The van der Waals surface area contributed by atoms with Crippen LogP contribution >= 0.6 is 0 Å². The van der Waals surface area contributed by atoms with E-state index in [4.69, 9.17) is 10.2 Å². The Balaban J connectivity index is 2.01. The fraction of sp³-hybridized carbons (Fsp3) is 0.667. The summed E-state index contributed by atoms with van der Waals surface area (Å²) in [4.78, 5) is 62.8. The topological polar surface area (TPSA) is 180 Å². The monoisotopic (exact) mass is 483 g/mol. The van der Waals surface area contributed by atoms with Gasteiger partial charge in [-0.1, -0.05) is 0 Å². The fourth-order valence-electron chi connectivity index (χ4n) is 4.05. The number of carboxylic acids is 3. The first-order chi connectivity index (χ1) is 16.1. The molecule has 1 unspecified atom stereocenters. The normalized spacial score (nSPS) is 17.4. The first-order valence-corrected chi connectivity index (χ1v) is 11.3.